The van der Waals surface area contributed by atoms with Crippen molar-refractivity contribution in [2.45, 2.75) is 13.3 Å². The Morgan fingerprint density at radius 3 is 2.50 bits per heavy atom. The van der Waals surface area contributed by atoms with Crippen molar-refractivity contribution in [2.75, 3.05) is 0 Å². The van der Waals surface area contributed by atoms with Crippen LogP contribution in [0.15, 0.2) is 66.4 Å². The minimum atomic E-state index is -0.420. The molecule has 0 saturated heterocycles. The summed E-state index contributed by atoms with van der Waals surface area (Å²) in [7, 11) is 0. The maximum atomic E-state index is 12.7. The number of esters is 1. The summed E-state index contributed by atoms with van der Waals surface area (Å²) in [5.74, 6) is 0.240. The fourth-order valence-corrected chi connectivity index (χ4v) is 3.46. The summed E-state index contributed by atoms with van der Waals surface area (Å²) >= 11 is 12.0. The zero-order valence-electron chi connectivity index (χ0n) is 15.9. The minimum Gasteiger partial charge on any atom is -0.452 e. The molecule has 30 heavy (non-hydrogen) atoms. The quantitative estimate of drug-likeness (QED) is 0.282. The van der Waals surface area contributed by atoms with Crippen LogP contribution in [0.1, 0.15) is 27.0 Å². The fourth-order valence-electron chi connectivity index (χ4n) is 3.14. The Kier molecular flexibility index (Phi) is 5.62. The van der Waals surface area contributed by atoms with E-state index in [4.69, 9.17) is 32.7 Å². The van der Waals surface area contributed by atoms with E-state index in [2.05, 4.69) is 0 Å². The Morgan fingerprint density at radius 2 is 1.77 bits per heavy atom. The van der Waals surface area contributed by atoms with E-state index in [1.165, 1.54) is 0 Å². The van der Waals surface area contributed by atoms with Crippen LogP contribution < -0.4 is 9.47 Å². The van der Waals surface area contributed by atoms with Crippen LogP contribution in [0.3, 0.4) is 0 Å². The average molecular weight is 439 g/mol. The van der Waals surface area contributed by atoms with Crippen LogP contribution in [0.4, 0.5) is 0 Å². The van der Waals surface area contributed by atoms with Gasteiger partial charge in [-0.15, -0.1) is 0 Å². The van der Waals surface area contributed by atoms with Crippen LogP contribution in [0.5, 0.6) is 11.5 Å². The van der Waals surface area contributed by atoms with Gasteiger partial charge in [0, 0.05) is 15.6 Å². The van der Waals surface area contributed by atoms with Crippen molar-refractivity contribution in [3.63, 3.8) is 0 Å². The number of carbonyl (C=O) groups excluding carboxylic acids is 2. The second-order valence-corrected chi connectivity index (χ2v) is 7.65. The van der Waals surface area contributed by atoms with Crippen LogP contribution in [-0.4, -0.2) is 11.8 Å². The van der Waals surface area contributed by atoms with Gasteiger partial charge in [0.25, 0.3) is 0 Å². The van der Waals surface area contributed by atoms with Gasteiger partial charge in [-0.05, 0) is 54.5 Å². The van der Waals surface area contributed by atoms with Crippen molar-refractivity contribution in [1.29, 1.82) is 0 Å². The van der Waals surface area contributed by atoms with Crippen molar-refractivity contribution in [3.05, 3.63) is 98.7 Å². The molecule has 1 aliphatic rings. The molecule has 1 heterocycles. The number of ketones is 1. The number of carbonyl (C=O) groups is 2. The number of fused-ring (bicyclic) bond motifs is 1. The van der Waals surface area contributed by atoms with Gasteiger partial charge in [-0.2, -0.15) is 0 Å². The number of rotatable bonds is 4. The van der Waals surface area contributed by atoms with Crippen LogP contribution in [-0.2, 0) is 11.2 Å². The summed E-state index contributed by atoms with van der Waals surface area (Å²) < 4.78 is 11.3. The van der Waals surface area contributed by atoms with Crippen LogP contribution in [0.2, 0.25) is 10.0 Å². The number of benzene rings is 3. The van der Waals surface area contributed by atoms with Gasteiger partial charge in [-0.25, -0.2) is 0 Å². The number of halogens is 2. The molecule has 0 N–H and O–H groups in total. The predicted octanol–water partition coefficient (Wildman–Crippen LogP) is 6.07. The third-order valence-electron chi connectivity index (χ3n) is 4.71. The number of ether oxygens (including phenoxy) is 2. The van der Waals surface area contributed by atoms with Crippen LogP contribution >= 0.6 is 23.2 Å². The van der Waals surface area contributed by atoms with E-state index < -0.39 is 5.97 Å². The lowest BCUT2D eigenvalue weighted by atomic mass is 10.1. The predicted molar refractivity (Wildman–Crippen MR) is 116 cm³/mol. The zero-order chi connectivity index (χ0) is 21.3. The molecule has 0 aliphatic carbocycles. The molecule has 0 unspecified atom stereocenters. The summed E-state index contributed by atoms with van der Waals surface area (Å²) in [5.41, 5.74) is 2.47. The summed E-state index contributed by atoms with van der Waals surface area (Å²) in [4.78, 5) is 25.0. The Hall–Kier alpha value is -3.08. The van der Waals surface area contributed by atoms with Gasteiger partial charge >= 0.3 is 5.97 Å². The van der Waals surface area contributed by atoms with E-state index in [0.717, 1.165) is 5.56 Å². The number of hydrogen-bond acceptors (Lipinski definition) is 4. The molecule has 1 aliphatic heterocycles. The Bertz CT molecular complexity index is 1180. The van der Waals surface area contributed by atoms with E-state index in [1.807, 2.05) is 12.1 Å². The second kappa shape index (κ2) is 8.34. The first-order chi connectivity index (χ1) is 14.4. The molecular weight excluding hydrogens is 423 g/mol. The van der Waals surface area contributed by atoms with Gasteiger partial charge < -0.3 is 9.47 Å². The molecule has 0 spiro atoms. The largest absolute Gasteiger partial charge is 0.452 e. The van der Waals surface area contributed by atoms with E-state index in [9.17, 15) is 9.59 Å². The van der Waals surface area contributed by atoms with Crippen molar-refractivity contribution < 1.29 is 19.1 Å². The molecule has 0 fully saturated rings. The lowest BCUT2D eigenvalue weighted by molar-refractivity contribution is -0.133. The summed E-state index contributed by atoms with van der Waals surface area (Å²) in [6.45, 7) is 1.75. The van der Waals surface area contributed by atoms with E-state index >= 15 is 0 Å². The highest BCUT2D eigenvalue weighted by molar-refractivity contribution is 6.32. The molecule has 0 amide bonds. The van der Waals surface area contributed by atoms with Crippen molar-refractivity contribution >= 4 is 41.0 Å². The average Bonchev–Trinajstić information content (AvgIpc) is 3.04. The Labute approximate surface area is 183 Å². The molecular formula is C24H16Cl2O4. The molecule has 150 valence electrons. The number of allylic oxidation sites excluding steroid dienone is 1. The standard InChI is InChI=1S/C24H16Cl2O4/c1-14-20(29-22(27)12-15-6-8-17(25)9-7-15)11-10-18-23(28)21(30-24(14)18)13-16-4-2-3-5-19(16)26/h2-11,13H,12H2,1H3/b21-13-. The first-order valence-corrected chi connectivity index (χ1v) is 9.95. The SMILES string of the molecule is Cc1c(OC(=O)Cc2ccc(Cl)cc2)ccc2c1O/C(=C\c1ccccc1Cl)C2=O. The maximum Gasteiger partial charge on any atom is 0.315 e. The van der Waals surface area contributed by atoms with Gasteiger partial charge in [0.1, 0.15) is 11.5 Å². The maximum absolute atomic E-state index is 12.7. The second-order valence-electron chi connectivity index (χ2n) is 6.80. The molecule has 3 aromatic carbocycles. The molecule has 0 atom stereocenters. The van der Waals surface area contributed by atoms with E-state index in [-0.39, 0.29) is 18.0 Å². The molecule has 3 aromatic rings. The van der Waals surface area contributed by atoms with Crippen LogP contribution in [0, 0.1) is 6.92 Å². The molecule has 0 bridgehead atoms. The molecule has 4 rings (SSSR count). The van der Waals surface area contributed by atoms with Gasteiger partial charge in [0.05, 0.1) is 12.0 Å². The Morgan fingerprint density at radius 1 is 1.03 bits per heavy atom. The van der Waals surface area contributed by atoms with Crippen molar-refractivity contribution in [2.24, 2.45) is 0 Å². The first kappa shape index (κ1) is 20.2. The van der Waals surface area contributed by atoms with Crippen LogP contribution in [0.25, 0.3) is 6.08 Å². The fraction of sp³-hybridized carbons (Fsp3) is 0.0833. The molecule has 0 saturated carbocycles. The van der Waals surface area contributed by atoms with Crippen molar-refractivity contribution in [3.8, 4) is 11.5 Å². The van der Waals surface area contributed by atoms with Gasteiger partial charge in [0.2, 0.25) is 5.78 Å². The minimum absolute atomic E-state index is 0.102. The summed E-state index contributed by atoms with van der Waals surface area (Å²) in [5, 5.41) is 1.12. The molecule has 4 nitrogen and oxygen atoms in total. The topological polar surface area (TPSA) is 52.6 Å². The lowest BCUT2D eigenvalue weighted by Crippen LogP contribution is -2.12. The highest BCUT2D eigenvalue weighted by atomic mass is 35.5. The molecule has 0 aromatic heterocycles. The van der Waals surface area contributed by atoms with Crippen molar-refractivity contribution in [1.82, 2.24) is 0 Å². The van der Waals surface area contributed by atoms with E-state index in [0.29, 0.717) is 38.2 Å². The monoisotopic (exact) mass is 438 g/mol. The van der Waals surface area contributed by atoms with Gasteiger partial charge in [-0.3, -0.25) is 9.59 Å². The normalized spacial score (nSPS) is 13.8. The van der Waals surface area contributed by atoms with Gasteiger partial charge in [-0.1, -0.05) is 53.5 Å². The first-order valence-electron chi connectivity index (χ1n) is 9.20. The third kappa shape index (κ3) is 4.11. The summed E-state index contributed by atoms with van der Waals surface area (Å²) in [6, 6.07) is 17.4. The number of hydrogen-bond donors (Lipinski definition) is 0. The highest BCUT2D eigenvalue weighted by Crippen LogP contribution is 2.39. The lowest BCUT2D eigenvalue weighted by Gasteiger charge is -2.10. The third-order valence-corrected chi connectivity index (χ3v) is 5.31. The van der Waals surface area contributed by atoms with Gasteiger partial charge in [0.15, 0.2) is 5.76 Å². The number of Topliss-reactive ketones (excluding diaryl/α,β-unsaturated/α-hetero) is 1. The molecule has 6 heteroatoms. The highest BCUT2D eigenvalue weighted by Gasteiger charge is 2.30. The smallest absolute Gasteiger partial charge is 0.315 e. The molecule has 0 radical (unpaired) electrons. The van der Waals surface area contributed by atoms with E-state index in [1.54, 1.807) is 61.5 Å². The summed E-state index contributed by atoms with van der Waals surface area (Å²) in [6.07, 6.45) is 1.71. The Balaban J connectivity index is 1.55. The zero-order valence-corrected chi connectivity index (χ0v) is 17.5.